The molecule has 28 heavy (non-hydrogen) atoms. The summed E-state index contributed by atoms with van der Waals surface area (Å²) in [6.07, 6.45) is -0.0231. The molecule has 0 unspecified atom stereocenters. The van der Waals surface area contributed by atoms with Gasteiger partial charge in [-0.2, -0.15) is 0 Å². The molecule has 0 aliphatic heterocycles. The van der Waals surface area contributed by atoms with E-state index in [0.717, 1.165) is 6.07 Å². The van der Waals surface area contributed by atoms with Crippen molar-refractivity contribution in [2.75, 3.05) is 5.32 Å². The Kier molecular flexibility index (Phi) is 5.69. The number of benzene rings is 2. The van der Waals surface area contributed by atoms with Crippen molar-refractivity contribution >= 4 is 33.0 Å². The van der Waals surface area contributed by atoms with Gasteiger partial charge in [0.05, 0.1) is 21.3 Å². The van der Waals surface area contributed by atoms with Crippen LogP contribution < -0.4 is 5.32 Å². The summed E-state index contributed by atoms with van der Waals surface area (Å²) in [6, 6.07) is 4.73. The van der Waals surface area contributed by atoms with Gasteiger partial charge in [-0.3, -0.25) is 4.79 Å². The maximum Gasteiger partial charge on any atom is 0.255 e. The van der Waals surface area contributed by atoms with E-state index in [1.165, 1.54) is 12.1 Å². The Balaban J connectivity index is 1.90. The zero-order chi connectivity index (χ0) is 20.6. The fraction of sp³-hybridized carbons (Fsp3) is 0.278. The van der Waals surface area contributed by atoms with Gasteiger partial charge in [0.2, 0.25) is 0 Å². The summed E-state index contributed by atoms with van der Waals surface area (Å²) >= 11 is 6.01. The zero-order valence-electron chi connectivity index (χ0n) is 14.3. The summed E-state index contributed by atoms with van der Waals surface area (Å²) in [7, 11) is -3.89. The topological polar surface area (TPSA) is 83.5 Å². The number of aliphatic hydroxyl groups excluding tert-OH is 1. The number of amides is 1. The molecule has 10 heteroatoms. The third-order valence-corrected chi connectivity index (χ3v) is 7.24. The molecular weight excluding hydrogens is 419 g/mol. The van der Waals surface area contributed by atoms with Crippen LogP contribution in [-0.2, 0) is 9.84 Å². The smallest absolute Gasteiger partial charge is 0.255 e. The van der Waals surface area contributed by atoms with Gasteiger partial charge in [-0.1, -0.05) is 11.6 Å². The summed E-state index contributed by atoms with van der Waals surface area (Å²) in [4.78, 5) is 12.1. The number of carbonyl (C=O) groups is 1. The van der Waals surface area contributed by atoms with Crippen molar-refractivity contribution in [1.82, 2.24) is 0 Å². The predicted molar refractivity (Wildman–Crippen MR) is 96.6 cm³/mol. The Morgan fingerprint density at radius 1 is 1.11 bits per heavy atom. The van der Waals surface area contributed by atoms with Gasteiger partial charge in [-0.25, -0.2) is 21.6 Å². The molecule has 150 valence electrons. The molecule has 0 spiro atoms. The average molecular weight is 434 g/mol. The van der Waals surface area contributed by atoms with Gasteiger partial charge in [-0.15, -0.1) is 0 Å². The van der Waals surface area contributed by atoms with Crippen molar-refractivity contribution in [3.63, 3.8) is 0 Å². The minimum absolute atomic E-state index is 0.0726. The molecule has 3 rings (SSSR count). The van der Waals surface area contributed by atoms with Crippen LogP contribution in [-0.4, -0.2) is 30.8 Å². The highest BCUT2D eigenvalue weighted by Crippen LogP contribution is 2.34. The molecule has 2 aromatic rings. The van der Waals surface area contributed by atoms with Crippen molar-refractivity contribution in [3.8, 4) is 0 Å². The van der Waals surface area contributed by atoms with Crippen molar-refractivity contribution < 1.29 is 31.5 Å². The van der Waals surface area contributed by atoms with Crippen LogP contribution in [0.15, 0.2) is 35.2 Å². The summed E-state index contributed by atoms with van der Waals surface area (Å²) in [5.74, 6) is -5.48. The lowest BCUT2D eigenvalue weighted by atomic mass is 10.2. The second kappa shape index (κ2) is 7.73. The average Bonchev–Trinajstić information content (AvgIpc) is 3.07. The number of rotatable bonds is 4. The van der Waals surface area contributed by atoms with E-state index in [1.54, 1.807) is 0 Å². The van der Waals surface area contributed by atoms with Gasteiger partial charge in [0, 0.05) is 23.4 Å². The van der Waals surface area contributed by atoms with Crippen molar-refractivity contribution in [3.05, 3.63) is 58.4 Å². The van der Waals surface area contributed by atoms with Gasteiger partial charge < -0.3 is 10.4 Å². The molecule has 2 N–H and O–H groups in total. The van der Waals surface area contributed by atoms with E-state index in [4.69, 9.17) is 11.6 Å². The zero-order valence-corrected chi connectivity index (χ0v) is 15.8. The first-order valence-corrected chi connectivity index (χ1v) is 10.2. The van der Waals surface area contributed by atoms with E-state index in [9.17, 15) is 31.5 Å². The number of anilines is 1. The Morgan fingerprint density at radius 2 is 1.75 bits per heavy atom. The fourth-order valence-corrected chi connectivity index (χ4v) is 5.42. The number of nitrogens with one attached hydrogen (secondary N) is 1. The number of carbonyl (C=O) groups excluding carboxylic acids is 1. The van der Waals surface area contributed by atoms with Crippen molar-refractivity contribution in [2.24, 2.45) is 0 Å². The SMILES string of the molecule is O=C(Nc1cc(F)c(F)c(F)c1)c1ccc(Cl)c(S(=O)(=O)[C@@H]2CC[C@H](O)C2)c1. The molecule has 2 atom stereocenters. The van der Waals surface area contributed by atoms with Crippen LogP contribution in [0.3, 0.4) is 0 Å². The maximum atomic E-state index is 13.3. The third kappa shape index (κ3) is 4.01. The minimum atomic E-state index is -3.89. The van der Waals surface area contributed by atoms with Crippen molar-refractivity contribution in [1.29, 1.82) is 0 Å². The van der Waals surface area contributed by atoms with Gasteiger partial charge in [0.25, 0.3) is 5.91 Å². The quantitative estimate of drug-likeness (QED) is 0.720. The van der Waals surface area contributed by atoms with Crippen LogP contribution >= 0.6 is 11.6 Å². The third-order valence-electron chi connectivity index (χ3n) is 4.54. The first-order chi connectivity index (χ1) is 13.1. The standard InChI is InChI=1S/C18H15ClF3NO4S/c19-13-4-1-9(5-16(13)28(26,27)12-3-2-11(24)8-12)18(25)23-10-6-14(20)17(22)15(21)7-10/h1,4-7,11-12,24H,2-3,8H2,(H,23,25)/t11-,12+/m0/s1. The first kappa shape index (κ1) is 20.6. The van der Waals surface area contributed by atoms with E-state index in [-0.39, 0.29) is 34.0 Å². The lowest BCUT2D eigenvalue weighted by molar-refractivity contribution is 0.102. The number of hydrogen-bond donors (Lipinski definition) is 2. The molecule has 2 aromatic carbocycles. The van der Waals surface area contributed by atoms with Crippen LogP contribution in [0.1, 0.15) is 29.6 Å². The van der Waals surface area contributed by atoms with E-state index in [0.29, 0.717) is 18.6 Å². The molecule has 1 fully saturated rings. The molecule has 1 saturated carbocycles. The second-order valence-corrected chi connectivity index (χ2v) is 9.09. The molecule has 0 bridgehead atoms. The molecule has 1 aliphatic rings. The lowest BCUT2D eigenvalue weighted by Gasteiger charge is -2.14. The van der Waals surface area contributed by atoms with E-state index < -0.39 is 44.5 Å². The molecular formula is C18H15ClF3NO4S. The van der Waals surface area contributed by atoms with E-state index in [2.05, 4.69) is 5.32 Å². The van der Waals surface area contributed by atoms with E-state index >= 15 is 0 Å². The lowest BCUT2D eigenvalue weighted by Crippen LogP contribution is -2.21. The van der Waals surface area contributed by atoms with Gasteiger partial charge in [-0.05, 0) is 37.5 Å². The fourth-order valence-electron chi connectivity index (χ4n) is 3.07. The molecule has 1 amide bonds. The molecule has 0 heterocycles. The Bertz CT molecular complexity index is 1020. The monoisotopic (exact) mass is 433 g/mol. The molecule has 0 saturated heterocycles. The Labute approximate surface area is 164 Å². The number of sulfone groups is 1. The van der Waals surface area contributed by atoms with Gasteiger partial charge in [0.1, 0.15) is 0 Å². The highest BCUT2D eigenvalue weighted by molar-refractivity contribution is 7.92. The van der Waals surface area contributed by atoms with Gasteiger partial charge in [0.15, 0.2) is 27.3 Å². The number of halogens is 4. The normalized spacial score (nSPS) is 19.6. The predicted octanol–water partition coefficient (Wildman–Crippen LogP) is 3.70. The minimum Gasteiger partial charge on any atom is -0.393 e. The highest BCUT2D eigenvalue weighted by atomic mass is 35.5. The Hall–Kier alpha value is -2.10. The maximum absolute atomic E-state index is 13.3. The summed E-state index contributed by atoms with van der Waals surface area (Å²) in [5.41, 5.74) is -0.452. The number of aliphatic hydroxyl groups is 1. The van der Waals surface area contributed by atoms with Crippen LogP contribution in [0.2, 0.25) is 5.02 Å². The van der Waals surface area contributed by atoms with Crippen LogP contribution in [0, 0.1) is 17.5 Å². The largest absolute Gasteiger partial charge is 0.393 e. The van der Waals surface area contributed by atoms with Crippen LogP contribution in [0.5, 0.6) is 0 Å². The highest BCUT2D eigenvalue weighted by Gasteiger charge is 2.36. The number of hydrogen-bond acceptors (Lipinski definition) is 4. The van der Waals surface area contributed by atoms with Crippen LogP contribution in [0.4, 0.5) is 18.9 Å². The molecule has 0 aromatic heterocycles. The first-order valence-electron chi connectivity index (χ1n) is 8.27. The molecule has 1 aliphatic carbocycles. The van der Waals surface area contributed by atoms with Crippen molar-refractivity contribution in [2.45, 2.75) is 35.5 Å². The molecule has 0 radical (unpaired) electrons. The summed E-state index contributed by atoms with van der Waals surface area (Å²) < 4.78 is 65.2. The second-order valence-electron chi connectivity index (χ2n) is 6.49. The Morgan fingerprint density at radius 3 is 2.32 bits per heavy atom. The van der Waals surface area contributed by atoms with Gasteiger partial charge >= 0.3 is 0 Å². The summed E-state index contributed by atoms with van der Waals surface area (Å²) in [5, 5.41) is 10.9. The summed E-state index contributed by atoms with van der Waals surface area (Å²) in [6.45, 7) is 0. The van der Waals surface area contributed by atoms with Crippen LogP contribution in [0.25, 0.3) is 0 Å². The molecule has 5 nitrogen and oxygen atoms in total. The van der Waals surface area contributed by atoms with E-state index in [1.807, 2.05) is 0 Å².